The molecular weight excluding hydrogens is 386 g/mol. The van der Waals surface area contributed by atoms with Crippen LogP contribution in [0.2, 0.25) is 0 Å². The van der Waals surface area contributed by atoms with E-state index in [1.807, 2.05) is 0 Å². The van der Waals surface area contributed by atoms with E-state index in [1.54, 1.807) is 0 Å². The van der Waals surface area contributed by atoms with Gasteiger partial charge in [0.2, 0.25) is 0 Å². The average Bonchev–Trinajstić information content (AvgIpc) is 2.55. The SMILES string of the molecule is C=C(COCC(F)(F)S(=O)(=O)O)C(=O)OCOC1C2CC3CC(C2)CC1C3. The molecule has 4 fully saturated rings. The van der Waals surface area contributed by atoms with Crippen LogP contribution in [0.5, 0.6) is 0 Å². The van der Waals surface area contributed by atoms with Crippen LogP contribution in [-0.4, -0.2) is 50.3 Å². The predicted molar refractivity (Wildman–Crippen MR) is 89.3 cm³/mol. The van der Waals surface area contributed by atoms with Gasteiger partial charge in [-0.1, -0.05) is 6.58 Å². The lowest BCUT2D eigenvalue weighted by atomic mass is 9.55. The lowest BCUT2D eigenvalue weighted by Crippen LogP contribution is -2.49. The first-order valence-electron chi connectivity index (χ1n) is 8.96. The lowest BCUT2D eigenvalue weighted by Gasteiger charge is -2.53. The van der Waals surface area contributed by atoms with E-state index in [9.17, 15) is 22.0 Å². The van der Waals surface area contributed by atoms with Crippen molar-refractivity contribution in [2.75, 3.05) is 20.0 Å². The van der Waals surface area contributed by atoms with Crippen molar-refractivity contribution in [1.29, 1.82) is 0 Å². The smallest absolute Gasteiger partial charge is 0.392 e. The number of alkyl halides is 2. The third-order valence-electron chi connectivity index (χ3n) is 5.80. The number of halogens is 2. The Balaban J connectivity index is 1.36. The quantitative estimate of drug-likeness (QED) is 0.270. The molecule has 0 aromatic carbocycles. The summed E-state index contributed by atoms with van der Waals surface area (Å²) in [6, 6.07) is 0. The number of ether oxygens (including phenoxy) is 3. The van der Waals surface area contributed by atoms with Gasteiger partial charge in [-0.2, -0.15) is 17.2 Å². The molecule has 0 aliphatic heterocycles. The second-order valence-electron chi connectivity index (χ2n) is 7.82. The fourth-order valence-electron chi connectivity index (χ4n) is 4.84. The maximum absolute atomic E-state index is 13.0. The zero-order valence-electron chi connectivity index (χ0n) is 14.8. The maximum atomic E-state index is 13.0. The Morgan fingerprint density at radius 1 is 1.11 bits per heavy atom. The zero-order valence-corrected chi connectivity index (χ0v) is 15.6. The average molecular weight is 410 g/mol. The van der Waals surface area contributed by atoms with Crippen LogP contribution < -0.4 is 0 Å². The summed E-state index contributed by atoms with van der Waals surface area (Å²) in [5.41, 5.74) is -0.255. The van der Waals surface area contributed by atoms with Gasteiger partial charge in [0, 0.05) is 0 Å². The molecule has 0 heterocycles. The standard InChI is InChI=1S/C17H24F2O7S/c1-10(7-24-8-17(18,19)27(21,22)23)16(20)26-9-25-15-13-3-11-2-12(5-13)6-14(15)4-11/h11-15H,1-9H2,(H,21,22,23). The van der Waals surface area contributed by atoms with Crippen LogP contribution in [0.1, 0.15) is 32.1 Å². The van der Waals surface area contributed by atoms with E-state index < -0.39 is 34.6 Å². The zero-order chi connectivity index (χ0) is 19.8. The van der Waals surface area contributed by atoms with Crippen molar-refractivity contribution in [1.82, 2.24) is 0 Å². The summed E-state index contributed by atoms with van der Waals surface area (Å²) < 4.78 is 70.5. The van der Waals surface area contributed by atoms with Crippen LogP contribution in [-0.2, 0) is 29.1 Å². The third kappa shape index (κ3) is 4.67. The number of esters is 1. The molecule has 4 rings (SSSR count). The van der Waals surface area contributed by atoms with Crippen molar-refractivity contribution in [2.24, 2.45) is 23.7 Å². The first-order valence-corrected chi connectivity index (χ1v) is 10.4. The molecule has 0 amide bonds. The molecule has 0 aromatic heterocycles. The van der Waals surface area contributed by atoms with E-state index >= 15 is 0 Å². The van der Waals surface area contributed by atoms with Crippen molar-refractivity contribution in [3.63, 3.8) is 0 Å². The summed E-state index contributed by atoms with van der Waals surface area (Å²) in [6.45, 7) is 0.873. The molecule has 27 heavy (non-hydrogen) atoms. The molecule has 0 spiro atoms. The summed E-state index contributed by atoms with van der Waals surface area (Å²) in [4.78, 5) is 11.8. The van der Waals surface area contributed by atoms with E-state index in [0.717, 1.165) is 37.5 Å². The van der Waals surface area contributed by atoms with Gasteiger partial charge in [-0.05, 0) is 55.8 Å². The number of carbonyl (C=O) groups is 1. The molecular formula is C17H24F2O7S. The second kappa shape index (κ2) is 7.73. The first kappa shape index (κ1) is 20.6. The van der Waals surface area contributed by atoms with Gasteiger partial charge >= 0.3 is 21.3 Å². The molecule has 0 unspecified atom stereocenters. The van der Waals surface area contributed by atoms with Crippen LogP contribution in [0.4, 0.5) is 8.78 Å². The number of rotatable bonds is 9. The van der Waals surface area contributed by atoms with Gasteiger partial charge in [0.1, 0.15) is 6.61 Å². The fourth-order valence-corrected chi connectivity index (χ4v) is 5.07. The lowest BCUT2D eigenvalue weighted by molar-refractivity contribution is -0.184. The third-order valence-corrected chi connectivity index (χ3v) is 6.68. The Bertz CT molecular complexity index is 663. The molecule has 4 bridgehead atoms. The fraction of sp³-hybridized carbons (Fsp3) is 0.824. The van der Waals surface area contributed by atoms with Crippen LogP contribution >= 0.6 is 0 Å². The highest BCUT2D eigenvalue weighted by molar-refractivity contribution is 7.86. The minimum absolute atomic E-state index is 0.0866. The second-order valence-corrected chi connectivity index (χ2v) is 9.37. The van der Waals surface area contributed by atoms with E-state index in [0.29, 0.717) is 11.8 Å². The summed E-state index contributed by atoms with van der Waals surface area (Å²) in [7, 11) is -5.58. The molecule has 0 saturated heterocycles. The van der Waals surface area contributed by atoms with Crippen LogP contribution in [0.25, 0.3) is 0 Å². The number of carbonyl (C=O) groups excluding carboxylic acids is 1. The Kier molecular flexibility index (Phi) is 5.90. The van der Waals surface area contributed by atoms with Gasteiger partial charge in [-0.3, -0.25) is 4.55 Å². The van der Waals surface area contributed by atoms with Crippen LogP contribution in [0.3, 0.4) is 0 Å². The van der Waals surface area contributed by atoms with Gasteiger partial charge in [0.25, 0.3) is 0 Å². The molecule has 0 radical (unpaired) electrons. The van der Waals surface area contributed by atoms with Crippen molar-refractivity contribution < 1.29 is 40.8 Å². The molecule has 1 N–H and O–H groups in total. The minimum atomic E-state index is -5.58. The monoisotopic (exact) mass is 410 g/mol. The van der Waals surface area contributed by atoms with Crippen LogP contribution in [0, 0.1) is 23.7 Å². The number of hydrogen-bond acceptors (Lipinski definition) is 6. The summed E-state index contributed by atoms with van der Waals surface area (Å²) in [5.74, 6) is 1.75. The summed E-state index contributed by atoms with van der Waals surface area (Å²) in [6.07, 6.45) is 6.05. The molecule has 4 aliphatic rings. The Hall–Kier alpha value is -1.10. The van der Waals surface area contributed by atoms with Gasteiger partial charge in [-0.25, -0.2) is 4.79 Å². The molecule has 0 aromatic rings. The van der Waals surface area contributed by atoms with E-state index in [2.05, 4.69) is 11.3 Å². The highest BCUT2D eigenvalue weighted by Gasteiger charge is 2.49. The topological polar surface area (TPSA) is 99.1 Å². The van der Waals surface area contributed by atoms with E-state index in [1.165, 1.54) is 6.42 Å². The Morgan fingerprint density at radius 2 is 1.67 bits per heavy atom. The molecule has 7 nitrogen and oxygen atoms in total. The minimum Gasteiger partial charge on any atom is -0.435 e. The molecule has 10 heteroatoms. The largest absolute Gasteiger partial charge is 0.435 e. The van der Waals surface area contributed by atoms with Gasteiger partial charge in [0.05, 0.1) is 18.3 Å². The van der Waals surface area contributed by atoms with Crippen molar-refractivity contribution >= 4 is 16.1 Å². The normalized spacial score (nSPS) is 32.5. The Morgan fingerprint density at radius 3 is 2.19 bits per heavy atom. The highest BCUT2D eigenvalue weighted by atomic mass is 32.2. The van der Waals surface area contributed by atoms with Crippen LogP contribution in [0.15, 0.2) is 12.2 Å². The molecule has 4 saturated carbocycles. The molecule has 154 valence electrons. The van der Waals surface area contributed by atoms with Gasteiger partial charge in [0.15, 0.2) is 6.79 Å². The van der Waals surface area contributed by atoms with Crippen molar-refractivity contribution in [3.8, 4) is 0 Å². The highest BCUT2D eigenvalue weighted by Crippen LogP contribution is 2.54. The molecule has 0 atom stereocenters. The van der Waals surface area contributed by atoms with Crippen molar-refractivity contribution in [2.45, 2.75) is 43.5 Å². The van der Waals surface area contributed by atoms with Gasteiger partial charge in [-0.15, -0.1) is 0 Å². The van der Waals surface area contributed by atoms with E-state index in [4.69, 9.17) is 14.0 Å². The predicted octanol–water partition coefficient (Wildman–Crippen LogP) is 2.38. The van der Waals surface area contributed by atoms with Crippen molar-refractivity contribution in [3.05, 3.63) is 12.2 Å². The Labute approximate surface area is 156 Å². The summed E-state index contributed by atoms with van der Waals surface area (Å²) >= 11 is 0. The van der Waals surface area contributed by atoms with E-state index in [-0.39, 0.29) is 18.5 Å². The number of hydrogen-bond donors (Lipinski definition) is 1. The summed E-state index contributed by atoms with van der Waals surface area (Å²) in [5, 5.41) is -4.46. The van der Waals surface area contributed by atoms with Gasteiger partial charge < -0.3 is 14.2 Å². The molecule has 4 aliphatic carbocycles. The maximum Gasteiger partial charge on any atom is 0.392 e. The first-order chi connectivity index (χ1) is 12.6.